The second-order valence-electron chi connectivity index (χ2n) is 8.65. The molecule has 0 heterocycles. The second kappa shape index (κ2) is 6.54. The van der Waals surface area contributed by atoms with Gasteiger partial charge in [0.25, 0.3) is 0 Å². The van der Waals surface area contributed by atoms with Crippen LogP contribution in [0.15, 0.2) is 46.6 Å². The van der Waals surface area contributed by atoms with Gasteiger partial charge in [-0.2, -0.15) is 0 Å². The first-order valence-corrected chi connectivity index (χ1v) is 24.6. The second-order valence-corrected chi connectivity index (χ2v) is 51.4. The molecule has 22 heavy (non-hydrogen) atoms. The molecule has 0 nitrogen and oxygen atoms in total. The van der Waals surface area contributed by atoms with Gasteiger partial charge in [0.1, 0.15) is 0 Å². The van der Waals surface area contributed by atoms with E-state index in [9.17, 15) is 0 Å². The third-order valence-corrected chi connectivity index (χ3v) is 40.2. The van der Waals surface area contributed by atoms with Crippen LogP contribution in [0.5, 0.6) is 0 Å². The van der Waals surface area contributed by atoms with Gasteiger partial charge in [0, 0.05) is 0 Å². The fraction of sp³-hybridized carbons (Fsp3) is 0.529. The van der Waals surface area contributed by atoms with Crippen molar-refractivity contribution in [3.05, 3.63) is 46.6 Å². The molecule has 2 aliphatic carbocycles. The van der Waals surface area contributed by atoms with Crippen LogP contribution in [0.4, 0.5) is 0 Å². The van der Waals surface area contributed by atoms with Crippen molar-refractivity contribution in [1.29, 1.82) is 0 Å². The zero-order chi connectivity index (χ0) is 16.9. The summed E-state index contributed by atoms with van der Waals surface area (Å²) in [4.78, 5) is 0. The molecule has 0 radical (unpaired) electrons. The van der Waals surface area contributed by atoms with Crippen molar-refractivity contribution in [1.82, 2.24) is 0 Å². The Hall–Kier alpha value is 0.698. The van der Waals surface area contributed by atoms with Gasteiger partial charge in [-0.1, -0.05) is 0 Å². The van der Waals surface area contributed by atoms with E-state index >= 15 is 0 Å². The van der Waals surface area contributed by atoms with Crippen LogP contribution >= 0.6 is 0 Å². The van der Waals surface area contributed by atoms with Crippen molar-refractivity contribution in [2.75, 3.05) is 0 Å². The van der Waals surface area contributed by atoms with E-state index in [-0.39, 0.29) is 0 Å². The van der Waals surface area contributed by atoms with Crippen molar-refractivity contribution in [3.63, 3.8) is 0 Å². The van der Waals surface area contributed by atoms with Crippen LogP contribution in [0.1, 0.15) is 27.7 Å². The third kappa shape index (κ3) is 3.39. The van der Waals surface area contributed by atoms with Gasteiger partial charge in [-0.05, 0) is 0 Å². The first-order chi connectivity index (χ1) is 9.98. The Morgan fingerprint density at radius 3 is 2.14 bits per heavy atom. The summed E-state index contributed by atoms with van der Waals surface area (Å²) in [5.41, 5.74) is 6.62. The zero-order valence-corrected chi connectivity index (χ0v) is 26.7. The summed E-state index contributed by atoms with van der Waals surface area (Å²) in [7, 11) is 4.09. The van der Waals surface area contributed by atoms with Gasteiger partial charge in [-0.15, -0.1) is 0 Å². The topological polar surface area (TPSA) is 0 Å². The molecule has 2 rings (SSSR count). The molecule has 0 bridgehead atoms. The zero-order valence-electron chi connectivity index (χ0n) is 16.0. The van der Waals surface area contributed by atoms with E-state index in [1.54, 1.807) is 22.3 Å². The molecule has 0 spiro atoms. The summed E-state index contributed by atoms with van der Waals surface area (Å²) >= 11 is -1.79. The summed E-state index contributed by atoms with van der Waals surface area (Å²) < 4.78 is 2.09. The fourth-order valence-corrected chi connectivity index (χ4v) is 41.0. The normalized spacial score (nSPS) is 31.1. The van der Waals surface area contributed by atoms with Crippen LogP contribution in [0.25, 0.3) is 0 Å². The first kappa shape index (κ1) is 19.0. The van der Waals surface area contributed by atoms with Gasteiger partial charge >= 0.3 is 156 Å². The van der Waals surface area contributed by atoms with Crippen LogP contribution in [0.2, 0.25) is 24.2 Å². The average Bonchev–Trinajstić information content (AvgIpc) is 2.91. The van der Waals surface area contributed by atoms with Crippen molar-refractivity contribution < 1.29 is 20.6 Å². The summed E-state index contributed by atoms with van der Waals surface area (Å²) in [5.74, 6) is -0.561. The van der Waals surface area contributed by atoms with Gasteiger partial charge in [0.05, 0.1) is 0 Å². The summed E-state index contributed by atoms with van der Waals surface area (Å²) in [5, 5.41) is 0. The molecule has 5 heteroatoms. The molecule has 0 N–H and O–H groups in total. The van der Waals surface area contributed by atoms with E-state index < -0.39 is 26.6 Å². The Labute approximate surface area is 155 Å². The van der Waals surface area contributed by atoms with E-state index in [4.69, 9.17) is 0 Å². The van der Waals surface area contributed by atoms with Crippen molar-refractivity contribution in [2.45, 2.75) is 51.9 Å². The monoisotopic (exact) mass is 529 g/mol. The number of rotatable bonds is 4. The Bertz CT molecular complexity index is 592. The van der Waals surface area contributed by atoms with Gasteiger partial charge in [-0.25, -0.2) is 0 Å². The Kier molecular flexibility index (Phi) is 5.66. The van der Waals surface area contributed by atoms with Gasteiger partial charge in [-0.3, -0.25) is 0 Å². The Balaban J connectivity index is 2.43. The van der Waals surface area contributed by atoms with Crippen molar-refractivity contribution >= 4 is 36.7 Å². The average molecular weight is 528 g/mol. The van der Waals surface area contributed by atoms with E-state index in [1.807, 2.05) is 0 Å². The van der Waals surface area contributed by atoms with Crippen LogP contribution in [-0.2, 0) is 20.6 Å². The standard InChI is InChI=1S/C9H13.C6H13Si3.C2H7Si.Hf/c1-6-5-7(2)9(4)8(6)3;7-6(8,9)5-3-1-2-4-5;1-3-2;/h5H,1-4H3;1-4H,7-9H3;3H,1-2H3;. The van der Waals surface area contributed by atoms with Crippen LogP contribution in [-0.4, -0.2) is 36.7 Å². The van der Waals surface area contributed by atoms with E-state index in [0.717, 1.165) is 3.67 Å². The summed E-state index contributed by atoms with van der Waals surface area (Å²) in [6, 6.07) is 0. The Morgan fingerprint density at radius 2 is 1.77 bits per heavy atom. The van der Waals surface area contributed by atoms with Crippen LogP contribution in [0, 0.1) is 0 Å². The SMILES string of the molecule is CC1=C[C](C)([Hf]([CH]2C=CC(C([SiH3])([SiH3])[SiH3])=C2)[SiH](C)C)C(C)=C1C. The van der Waals surface area contributed by atoms with Gasteiger partial charge < -0.3 is 0 Å². The van der Waals surface area contributed by atoms with E-state index in [0.29, 0.717) is 7.46 Å². The first-order valence-electron chi connectivity index (χ1n) is 8.64. The molecule has 2 unspecified atom stereocenters. The molecule has 0 aromatic rings. The summed E-state index contributed by atoms with van der Waals surface area (Å²) in [6.45, 7) is 15.0. The molecular weight excluding hydrogens is 495 g/mol. The van der Waals surface area contributed by atoms with Gasteiger partial charge in [0.2, 0.25) is 0 Å². The summed E-state index contributed by atoms with van der Waals surface area (Å²) in [6.07, 6.45) is 10.6. The molecule has 0 aliphatic heterocycles. The molecule has 2 aliphatic rings. The molecule has 0 saturated heterocycles. The Morgan fingerprint density at radius 1 is 1.18 bits per heavy atom. The number of allylic oxidation sites excluding steroid dienone is 8. The van der Waals surface area contributed by atoms with E-state index in [1.165, 1.54) is 30.7 Å². The molecule has 0 saturated carbocycles. The maximum atomic E-state index is 2.76. The van der Waals surface area contributed by atoms with Crippen molar-refractivity contribution in [3.8, 4) is 0 Å². The molecule has 0 amide bonds. The molecule has 0 aromatic heterocycles. The maximum absolute atomic E-state index is 2.76. The van der Waals surface area contributed by atoms with Gasteiger partial charge in [0.15, 0.2) is 0 Å². The number of hydrogen-bond acceptors (Lipinski definition) is 0. The predicted octanol–water partition coefficient (Wildman–Crippen LogP) is 1.52. The number of hydrogen-bond donors (Lipinski definition) is 0. The third-order valence-electron chi connectivity index (χ3n) is 5.73. The molecular formula is C17H33HfSi4. The molecule has 0 aromatic carbocycles. The van der Waals surface area contributed by atoms with E-state index in [2.05, 4.69) is 65.1 Å². The molecule has 2 atom stereocenters. The molecule has 121 valence electrons. The van der Waals surface area contributed by atoms with Crippen LogP contribution in [0.3, 0.4) is 0 Å². The quantitative estimate of drug-likeness (QED) is 0.486. The minimum atomic E-state index is -1.79. The van der Waals surface area contributed by atoms with Crippen molar-refractivity contribution in [2.24, 2.45) is 0 Å². The van der Waals surface area contributed by atoms with Crippen LogP contribution < -0.4 is 0 Å². The fourth-order valence-electron chi connectivity index (χ4n) is 4.17. The molecule has 0 fully saturated rings. The minimum absolute atomic E-state index is 0.490. The predicted molar refractivity (Wildman–Crippen MR) is 113 cm³/mol.